The Kier molecular flexibility index (Phi) is 5.93. The van der Waals surface area contributed by atoms with E-state index in [1.165, 1.54) is 13.0 Å². The lowest BCUT2D eigenvalue weighted by Gasteiger charge is -2.15. The summed E-state index contributed by atoms with van der Waals surface area (Å²) in [5.41, 5.74) is 0.595. The van der Waals surface area contributed by atoms with Gasteiger partial charge >= 0.3 is 0 Å². The quantitative estimate of drug-likeness (QED) is 0.714. The fourth-order valence-corrected chi connectivity index (χ4v) is 3.88. The highest BCUT2D eigenvalue weighted by Crippen LogP contribution is 2.29. The summed E-state index contributed by atoms with van der Waals surface area (Å²) in [6, 6.07) is 10.3. The monoisotopic (exact) mass is 349 g/mol. The van der Waals surface area contributed by atoms with E-state index < -0.39 is 10.0 Å². The van der Waals surface area contributed by atoms with Crippen LogP contribution < -0.4 is 15.4 Å². The highest BCUT2D eigenvalue weighted by atomic mass is 32.2. The van der Waals surface area contributed by atoms with Gasteiger partial charge in [-0.2, -0.15) is 0 Å². The Bertz CT molecular complexity index is 834. The first-order chi connectivity index (χ1) is 11.3. The molecular formula is C17H23N3O3S. The van der Waals surface area contributed by atoms with E-state index in [2.05, 4.69) is 15.4 Å². The second-order valence-electron chi connectivity index (χ2n) is 5.65. The standard InChI is InChI=1S/C17H23N3O3S/c1-4-18-12(2)11-19-24(22,23)17-10-9-16(20-13(3)21)14-7-5-6-8-15(14)17/h5-10,12,18-19H,4,11H2,1-3H3,(H,20,21)/t12-/m1/s1. The minimum atomic E-state index is -3.65. The van der Waals surface area contributed by atoms with E-state index in [-0.39, 0.29) is 16.8 Å². The van der Waals surface area contributed by atoms with Crippen molar-refractivity contribution in [3.8, 4) is 0 Å². The van der Waals surface area contributed by atoms with Crippen LogP contribution in [0.25, 0.3) is 10.8 Å². The third kappa shape index (κ3) is 4.31. The van der Waals surface area contributed by atoms with Crippen molar-refractivity contribution in [1.82, 2.24) is 10.0 Å². The normalized spacial score (nSPS) is 13.0. The van der Waals surface area contributed by atoms with Gasteiger partial charge in [0.2, 0.25) is 15.9 Å². The lowest BCUT2D eigenvalue weighted by atomic mass is 10.1. The zero-order valence-electron chi connectivity index (χ0n) is 14.1. The molecule has 0 saturated carbocycles. The molecule has 0 aliphatic carbocycles. The van der Waals surface area contributed by atoms with Crippen LogP contribution in [0, 0.1) is 0 Å². The van der Waals surface area contributed by atoms with Gasteiger partial charge in [0.15, 0.2) is 0 Å². The van der Waals surface area contributed by atoms with E-state index in [9.17, 15) is 13.2 Å². The Morgan fingerprint density at radius 3 is 2.42 bits per heavy atom. The highest BCUT2D eigenvalue weighted by Gasteiger charge is 2.19. The lowest BCUT2D eigenvalue weighted by Crippen LogP contribution is -2.38. The van der Waals surface area contributed by atoms with Crippen molar-refractivity contribution in [2.45, 2.75) is 31.7 Å². The van der Waals surface area contributed by atoms with Crippen LogP contribution in [0.2, 0.25) is 0 Å². The van der Waals surface area contributed by atoms with E-state index in [0.717, 1.165) is 6.54 Å². The Morgan fingerprint density at radius 1 is 1.12 bits per heavy atom. The Balaban J connectivity index is 2.40. The molecule has 0 spiro atoms. The third-order valence-corrected chi connectivity index (χ3v) is 5.10. The molecule has 24 heavy (non-hydrogen) atoms. The minimum Gasteiger partial charge on any atom is -0.326 e. The summed E-state index contributed by atoms with van der Waals surface area (Å²) in [7, 11) is -3.65. The summed E-state index contributed by atoms with van der Waals surface area (Å²) < 4.78 is 28.0. The first kappa shape index (κ1) is 18.4. The second kappa shape index (κ2) is 7.74. The topological polar surface area (TPSA) is 87.3 Å². The van der Waals surface area contributed by atoms with Crippen LogP contribution in [0.5, 0.6) is 0 Å². The van der Waals surface area contributed by atoms with Crippen LogP contribution in [-0.2, 0) is 14.8 Å². The molecule has 0 unspecified atom stereocenters. The molecule has 0 radical (unpaired) electrons. The van der Waals surface area contributed by atoms with Crippen molar-refractivity contribution >= 4 is 32.4 Å². The predicted octanol–water partition coefficient (Wildman–Crippen LogP) is 2.07. The molecule has 0 saturated heterocycles. The SMILES string of the molecule is CCN[C@H](C)CNS(=O)(=O)c1ccc(NC(C)=O)c2ccccc12. The number of hydrogen-bond acceptors (Lipinski definition) is 4. The molecule has 0 aliphatic rings. The number of hydrogen-bond donors (Lipinski definition) is 3. The van der Waals surface area contributed by atoms with Crippen molar-refractivity contribution < 1.29 is 13.2 Å². The molecule has 1 amide bonds. The Morgan fingerprint density at radius 2 is 1.79 bits per heavy atom. The highest BCUT2D eigenvalue weighted by molar-refractivity contribution is 7.89. The summed E-state index contributed by atoms with van der Waals surface area (Å²) in [5.74, 6) is -0.201. The zero-order chi connectivity index (χ0) is 17.7. The third-order valence-electron chi connectivity index (χ3n) is 3.62. The number of benzene rings is 2. The molecular weight excluding hydrogens is 326 g/mol. The van der Waals surface area contributed by atoms with Gasteiger partial charge in [0.1, 0.15) is 0 Å². The Hall–Kier alpha value is -1.96. The van der Waals surface area contributed by atoms with E-state index in [0.29, 0.717) is 23.0 Å². The van der Waals surface area contributed by atoms with Gasteiger partial charge in [-0.3, -0.25) is 4.79 Å². The molecule has 130 valence electrons. The fourth-order valence-electron chi connectivity index (χ4n) is 2.54. The van der Waals surface area contributed by atoms with E-state index >= 15 is 0 Å². The number of amides is 1. The van der Waals surface area contributed by atoms with E-state index in [1.54, 1.807) is 24.3 Å². The maximum atomic E-state index is 12.7. The molecule has 0 aromatic heterocycles. The van der Waals surface area contributed by atoms with Gasteiger partial charge < -0.3 is 10.6 Å². The molecule has 0 heterocycles. The number of fused-ring (bicyclic) bond motifs is 1. The van der Waals surface area contributed by atoms with Gasteiger partial charge in [0.25, 0.3) is 0 Å². The zero-order valence-corrected chi connectivity index (χ0v) is 14.9. The maximum Gasteiger partial charge on any atom is 0.241 e. The molecule has 2 aromatic rings. The van der Waals surface area contributed by atoms with Crippen molar-refractivity contribution in [3.63, 3.8) is 0 Å². The summed E-state index contributed by atoms with van der Waals surface area (Å²) in [6.07, 6.45) is 0. The van der Waals surface area contributed by atoms with Crippen molar-refractivity contribution in [3.05, 3.63) is 36.4 Å². The van der Waals surface area contributed by atoms with Crippen LogP contribution >= 0.6 is 0 Å². The number of sulfonamides is 1. The van der Waals surface area contributed by atoms with Crippen LogP contribution in [0.3, 0.4) is 0 Å². The van der Waals surface area contributed by atoms with Gasteiger partial charge in [0, 0.05) is 36.0 Å². The smallest absolute Gasteiger partial charge is 0.241 e. The van der Waals surface area contributed by atoms with Crippen LogP contribution in [0.15, 0.2) is 41.3 Å². The van der Waals surface area contributed by atoms with E-state index in [4.69, 9.17) is 0 Å². The summed E-state index contributed by atoms with van der Waals surface area (Å²) >= 11 is 0. The largest absolute Gasteiger partial charge is 0.326 e. The molecule has 2 rings (SSSR count). The second-order valence-corrected chi connectivity index (χ2v) is 7.38. The first-order valence-electron chi connectivity index (χ1n) is 7.87. The van der Waals surface area contributed by atoms with Gasteiger partial charge in [-0.25, -0.2) is 13.1 Å². The van der Waals surface area contributed by atoms with Gasteiger partial charge in [-0.05, 0) is 25.6 Å². The van der Waals surface area contributed by atoms with Gasteiger partial charge in [0.05, 0.1) is 4.90 Å². The molecule has 6 nitrogen and oxygen atoms in total. The maximum absolute atomic E-state index is 12.7. The van der Waals surface area contributed by atoms with Gasteiger partial charge in [-0.15, -0.1) is 0 Å². The summed E-state index contributed by atoms with van der Waals surface area (Å²) in [6.45, 7) is 6.39. The van der Waals surface area contributed by atoms with Crippen LogP contribution in [0.1, 0.15) is 20.8 Å². The predicted molar refractivity (Wildman–Crippen MR) is 96.6 cm³/mol. The number of carbonyl (C=O) groups excluding carboxylic acids is 1. The number of carbonyl (C=O) groups is 1. The van der Waals surface area contributed by atoms with Crippen LogP contribution in [0.4, 0.5) is 5.69 Å². The summed E-state index contributed by atoms with van der Waals surface area (Å²) in [5, 5.41) is 7.16. The van der Waals surface area contributed by atoms with Gasteiger partial charge in [-0.1, -0.05) is 31.2 Å². The molecule has 0 bridgehead atoms. The summed E-state index contributed by atoms with van der Waals surface area (Å²) in [4.78, 5) is 11.5. The Labute approximate surface area is 142 Å². The van der Waals surface area contributed by atoms with E-state index in [1.807, 2.05) is 19.9 Å². The number of rotatable bonds is 7. The fraction of sp³-hybridized carbons (Fsp3) is 0.353. The molecule has 0 fully saturated rings. The average molecular weight is 349 g/mol. The van der Waals surface area contributed by atoms with Crippen LogP contribution in [-0.4, -0.2) is 33.5 Å². The molecule has 1 atom stereocenters. The number of anilines is 1. The molecule has 7 heteroatoms. The average Bonchev–Trinajstić information content (AvgIpc) is 2.53. The number of nitrogens with one attached hydrogen (secondary N) is 3. The molecule has 2 aromatic carbocycles. The van der Waals surface area contributed by atoms with Crippen molar-refractivity contribution in [1.29, 1.82) is 0 Å². The lowest BCUT2D eigenvalue weighted by molar-refractivity contribution is -0.114. The molecule has 0 aliphatic heterocycles. The van der Waals surface area contributed by atoms with Crippen molar-refractivity contribution in [2.24, 2.45) is 0 Å². The molecule has 3 N–H and O–H groups in total. The number of likely N-dealkylation sites (N-methyl/N-ethyl adjacent to an activating group) is 1. The first-order valence-corrected chi connectivity index (χ1v) is 9.36. The van der Waals surface area contributed by atoms with Crippen molar-refractivity contribution in [2.75, 3.05) is 18.4 Å². The minimum absolute atomic E-state index is 0.0368.